The van der Waals surface area contributed by atoms with E-state index in [-0.39, 0.29) is 6.42 Å². The number of halogens is 11. The van der Waals surface area contributed by atoms with Crippen molar-refractivity contribution in [3.05, 3.63) is 0 Å². The molecular weight excluding hydrogens is 513 g/mol. The van der Waals surface area contributed by atoms with Crippen molar-refractivity contribution in [2.75, 3.05) is 13.2 Å². The second kappa shape index (κ2) is 8.63. The number of hydrogen-bond donors (Lipinski definition) is 0. The number of alkyl halides is 11. The molecule has 0 aromatic heterocycles. The van der Waals surface area contributed by atoms with Crippen LogP contribution in [0.4, 0.5) is 48.3 Å². The van der Waals surface area contributed by atoms with Gasteiger partial charge in [-0.3, -0.25) is 4.79 Å². The summed E-state index contributed by atoms with van der Waals surface area (Å²) in [6, 6.07) is 0. The molecule has 35 heavy (non-hydrogen) atoms. The van der Waals surface area contributed by atoms with Crippen molar-refractivity contribution in [3.8, 4) is 0 Å². The molecule has 0 radical (unpaired) electrons. The molecule has 0 N–H and O–H groups in total. The molecule has 1 atom stereocenters. The zero-order valence-electron chi connectivity index (χ0n) is 19.5. The summed E-state index contributed by atoms with van der Waals surface area (Å²) in [6.07, 6.45) is 0.250. The first-order valence-electron chi connectivity index (χ1n) is 10.1. The van der Waals surface area contributed by atoms with E-state index in [1.807, 2.05) is 0 Å². The first-order valence-corrected chi connectivity index (χ1v) is 10.1. The third-order valence-corrected chi connectivity index (χ3v) is 5.43. The predicted molar refractivity (Wildman–Crippen MR) is 97.5 cm³/mol. The standard InChI is InChI=1S/C20H25F11O4/c1-13(2,3)9-10(14(4,5)6)11(32)34-7-8-35-12(33)15(21)16(22,23)18(26,27)20(30,31)19(28,29)17(15,24)25/h10H,7-9H2,1-6H3. The fraction of sp³-hybridized carbons (Fsp3) is 0.900. The number of ether oxygens (including phenoxy) is 2. The van der Waals surface area contributed by atoms with Crippen LogP contribution in [0, 0.1) is 16.7 Å². The summed E-state index contributed by atoms with van der Waals surface area (Å²) in [6.45, 7) is 7.69. The lowest BCUT2D eigenvalue weighted by atomic mass is 9.72. The Morgan fingerprint density at radius 3 is 1.31 bits per heavy atom. The smallest absolute Gasteiger partial charge is 0.384 e. The molecule has 0 aromatic carbocycles. The lowest BCUT2D eigenvalue weighted by Gasteiger charge is -2.50. The minimum absolute atomic E-state index is 0.250. The summed E-state index contributed by atoms with van der Waals surface area (Å²) in [5, 5.41) is 0. The van der Waals surface area contributed by atoms with Gasteiger partial charge >= 0.3 is 47.2 Å². The zero-order valence-corrected chi connectivity index (χ0v) is 19.5. The predicted octanol–water partition coefficient (Wildman–Crippen LogP) is 6.07. The van der Waals surface area contributed by atoms with Crippen LogP contribution in [0.2, 0.25) is 0 Å². The molecule has 0 amide bonds. The highest BCUT2D eigenvalue weighted by molar-refractivity contribution is 5.84. The second-order valence-corrected chi connectivity index (χ2v) is 10.5. The average molecular weight is 538 g/mol. The molecule has 0 saturated heterocycles. The Balaban J connectivity index is 3.11. The van der Waals surface area contributed by atoms with Gasteiger partial charge in [-0.15, -0.1) is 0 Å². The molecule has 1 rings (SSSR count). The van der Waals surface area contributed by atoms with Crippen LogP contribution in [0.25, 0.3) is 0 Å². The molecule has 0 aromatic rings. The van der Waals surface area contributed by atoms with E-state index in [9.17, 15) is 57.9 Å². The summed E-state index contributed by atoms with van der Waals surface area (Å²) in [5.74, 6) is -42.3. The average Bonchev–Trinajstić information content (AvgIpc) is 2.65. The number of hydrogen-bond acceptors (Lipinski definition) is 4. The fourth-order valence-electron chi connectivity index (χ4n) is 3.31. The van der Waals surface area contributed by atoms with Crippen molar-refractivity contribution in [3.63, 3.8) is 0 Å². The van der Waals surface area contributed by atoms with Crippen molar-refractivity contribution >= 4 is 11.9 Å². The zero-order chi connectivity index (χ0) is 28.3. The first kappa shape index (κ1) is 31.2. The van der Waals surface area contributed by atoms with Crippen LogP contribution < -0.4 is 0 Å². The lowest BCUT2D eigenvalue weighted by Crippen LogP contribution is -2.85. The van der Waals surface area contributed by atoms with Crippen molar-refractivity contribution in [2.24, 2.45) is 16.7 Å². The van der Waals surface area contributed by atoms with Gasteiger partial charge in [0.25, 0.3) is 0 Å². The van der Waals surface area contributed by atoms with Crippen molar-refractivity contribution in [2.45, 2.75) is 83.2 Å². The Kier molecular flexibility index (Phi) is 7.70. The third kappa shape index (κ3) is 4.56. The van der Waals surface area contributed by atoms with Crippen LogP contribution in [-0.4, -0.2) is 60.4 Å². The largest absolute Gasteiger partial charge is 0.462 e. The van der Waals surface area contributed by atoms with Gasteiger partial charge in [0.1, 0.15) is 13.2 Å². The maximum atomic E-state index is 14.5. The number of esters is 2. The Morgan fingerprint density at radius 1 is 0.629 bits per heavy atom. The summed E-state index contributed by atoms with van der Waals surface area (Å²) in [5.41, 5.74) is -7.99. The number of rotatable bonds is 6. The van der Waals surface area contributed by atoms with Gasteiger partial charge < -0.3 is 9.47 Å². The third-order valence-electron chi connectivity index (χ3n) is 5.43. The van der Waals surface area contributed by atoms with E-state index in [0.717, 1.165) is 0 Å². The Morgan fingerprint density at radius 2 is 0.971 bits per heavy atom. The van der Waals surface area contributed by atoms with Gasteiger partial charge in [-0.2, -0.15) is 43.9 Å². The van der Waals surface area contributed by atoms with Crippen LogP contribution >= 0.6 is 0 Å². The van der Waals surface area contributed by atoms with E-state index < -0.39 is 77.2 Å². The molecule has 1 fully saturated rings. The molecule has 0 spiro atoms. The lowest BCUT2D eigenvalue weighted by molar-refractivity contribution is -0.478. The highest BCUT2D eigenvalue weighted by Crippen LogP contribution is 2.69. The van der Waals surface area contributed by atoms with Gasteiger partial charge in [0.15, 0.2) is 0 Å². The van der Waals surface area contributed by atoms with E-state index >= 15 is 0 Å². The fourth-order valence-corrected chi connectivity index (χ4v) is 3.31. The number of carbonyl (C=O) groups is 2. The van der Waals surface area contributed by atoms with E-state index in [4.69, 9.17) is 4.74 Å². The molecule has 1 unspecified atom stereocenters. The molecular formula is C20H25F11O4. The topological polar surface area (TPSA) is 52.6 Å². The van der Waals surface area contributed by atoms with Gasteiger partial charge in [-0.25, -0.2) is 9.18 Å². The SMILES string of the molecule is CC(C)(C)CC(C(=O)OCCOC(=O)C1(F)C(F)(F)C(F)(F)C(F)(F)C(F)(F)C1(F)F)C(C)(C)C. The van der Waals surface area contributed by atoms with Crippen LogP contribution in [0.15, 0.2) is 0 Å². The quantitative estimate of drug-likeness (QED) is 0.234. The Bertz CT molecular complexity index is 796. The minimum atomic E-state index is -7.44. The number of carbonyl (C=O) groups excluding carboxylic acids is 2. The van der Waals surface area contributed by atoms with Crippen molar-refractivity contribution in [1.29, 1.82) is 0 Å². The minimum Gasteiger partial charge on any atom is -0.462 e. The highest BCUT2D eigenvalue weighted by atomic mass is 19.4. The summed E-state index contributed by atoms with van der Waals surface area (Å²) in [7, 11) is 0. The van der Waals surface area contributed by atoms with Crippen LogP contribution in [0.5, 0.6) is 0 Å². The maximum Gasteiger partial charge on any atom is 0.384 e. The van der Waals surface area contributed by atoms with E-state index in [1.165, 1.54) is 0 Å². The van der Waals surface area contributed by atoms with Crippen LogP contribution in [0.3, 0.4) is 0 Å². The molecule has 206 valence electrons. The van der Waals surface area contributed by atoms with Gasteiger partial charge in [0.05, 0.1) is 5.92 Å². The van der Waals surface area contributed by atoms with Gasteiger partial charge in [0.2, 0.25) is 0 Å². The molecule has 4 nitrogen and oxygen atoms in total. The molecule has 1 aliphatic carbocycles. The molecule has 1 aliphatic rings. The van der Waals surface area contributed by atoms with Crippen LogP contribution in [0.1, 0.15) is 48.0 Å². The van der Waals surface area contributed by atoms with Crippen LogP contribution in [-0.2, 0) is 19.1 Å². The second-order valence-electron chi connectivity index (χ2n) is 10.5. The van der Waals surface area contributed by atoms with E-state index in [0.29, 0.717) is 0 Å². The molecule has 0 bridgehead atoms. The van der Waals surface area contributed by atoms with Gasteiger partial charge in [0, 0.05) is 0 Å². The normalized spacial score (nSPS) is 24.8. The van der Waals surface area contributed by atoms with Crippen molar-refractivity contribution in [1.82, 2.24) is 0 Å². The summed E-state index contributed by atoms with van der Waals surface area (Å²) >= 11 is 0. The Hall–Kier alpha value is -1.83. The molecule has 1 saturated carbocycles. The molecule has 0 heterocycles. The molecule has 0 aliphatic heterocycles. The maximum absolute atomic E-state index is 14.5. The van der Waals surface area contributed by atoms with E-state index in [2.05, 4.69) is 4.74 Å². The van der Waals surface area contributed by atoms with Gasteiger partial charge in [-0.1, -0.05) is 41.5 Å². The highest BCUT2D eigenvalue weighted by Gasteiger charge is 3.03. The van der Waals surface area contributed by atoms with Crippen molar-refractivity contribution < 1.29 is 67.4 Å². The first-order chi connectivity index (χ1) is 15.1. The summed E-state index contributed by atoms with van der Waals surface area (Å²) in [4.78, 5) is 24.0. The monoisotopic (exact) mass is 538 g/mol. The molecule has 15 heteroatoms. The summed E-state index contributed by atoms with van der Waals surface area (Å²) < 4.78 is 159. The van der Waals surface area contributed by atoms with E-state index in [1.54, 1.807) is 41.5 Å². The van der Waals surface area contributed by atoms with Gasteiger partial charge in [-0.05, 0) is 17.3 Å². The Labute approximate surface area is 193 Å².